The van der Waals surface area contributed by atoms with Crippen LogP contribution in [0.5, 0.6) is 11.5 Å². The summed E-state index contributed by atoms with van der Waals surface area (Å²) in [5, 5.41) is 8.70. The van der Waals surface area contributed by atoms with Crippen LogP contribution in [0.3, 0.4) is 0 Å². The van der Waals surface area contributed by atoms with E-state index in [9.17, 15) is 4.79 Å². The van der Waals surface area contributed by atoms with Crippen LogP contribution >= 0.6 is 0 Å². The number of benzene rings is 1. The molecule has 1 aliphatic rings. The monoisotopic (exact) mass is 260 g/mol. The lowest BCUT2D eigenvalue weighted by atomic mass is 10.1. The molecule has 0 aromatic heterocycles. The Morgan fingerprint density at radius 2 is 2.21 bits per heavy atom. The molecule has 0 aliphatic carbocycles. The number of hydrogen-bond donors (Lipinski definition) is 0. The topological polar surface area (TPSA) is 62.6 Å². The van der Waals surface area contributed by atoms with Crippen LogP contribution < -0.4 is 9.47 Å². The van der Waals surface area contributed by atoms with Gasteiger partial charge in [0.2, 0.25) is 0 Å². The van der Waals surface area contributed by atoms with Gasteiger partial charge in [-0.05, 0) is 19.1 Å². The molecule has 0 saturated carbocycles. The summed E-state index contributed by atoms with van der Waals surface area (Å²) in [6.07, 6.45) is 0.300. The van der Waals surface area contributed by atoms with E-state index in [2.05, 4.69) is 6.07 Å². The maximum Gasteiger partial charge on any atom is 0.257 e. The Bertz CT molecular complexity index is 522. The van der Waals surface area contributed by atoms with Gasteiger partial charge in [-0.25, -0.2) is 0 Å². The number of carbonyl (C=O) groups is 1. The normalized spacial score (nSPS) is 14.4. The van der Waals surface area contributed by atoms with Crippen LogP contribution in [0, 0.1) is 11.3 Å². The SMILES string of the molecule is CC(CC#N)N(C)C(=O)c1cccc2c1OCCO2. The molecule has 1 unspecified atom stereocenters. The molecule has 1 atom stereocenters. The number of nitriles is 1. The summed E-state index contributed by atoms with van der Waals surface area (Å²) in [5.74, 6) is 0.929. The van der Waals surface area contributed by atoms with Crippen LogP contribution in [0.25, 0.3) is 0 Å². The number of hydrogen-bond acceptors (Lipinski definition) is 4. The van der Waals surface area contributed by atoms with Crippen LogP contribution in [0.2, 0.25) is 0 Å². The van der Waals surface area contributed by atoms with Crippen molar-refractivity contribution in [1.29, 1.82) is 5.26 Å². The zero-order valence-electron chi connectivity index (χ0n) is 11.0. The van der Waals surface area contributed by atoms with Gasteiger partial charge in [0.1, 0.15) is 13.2 Å². The van der Waals surface area contributed by atoms with Crippen LogP contribution in [-0.2, 0) is 0 Å². The fourth-order valence-corrected chi connectivity index (χ4v) is 1.90. The second-order valence-electron chi connectivity index (χ2n) is 4.46. The highest BCUT2D eigenvalue weighted by atomic mass is 16.6. The maximum atomic E-state index is 12.4. The second kappa shape index (κ2) is 5.61. The summed E-state index contributed by atoms with van der Waals surface area (Å²) < 4.78 is 11.0. The van der Waals surface area contributed by atoms with Crippen molar-refractivity contribution in [1.82, 2.24) is 4.90 Å². The highest BCUT2D eigenvalue weighted by Crippen LogP contribution is 2.34. The molecule has 0 N–H and O–H groups in total. The van der Waals surface area contributed by atoms with E-state index in [1.165, 1.54) is 0 Å². The summed E-state index contributed by atoms with van der Waals surface area (Å²) in [6.45, 7) is 2.77. The minimum absolute atomic E-state index is 0.141. The van der Waals surface area contributed by atoms with Crippen molar-refractivity contribution >= 4 is 5.91 Å². The number of amides is 1. The molecule has 0 saturated heterocycles. The lowest BCUT2D eigenvalue weighted by Gasteiger charge is -2.26. The standard InChI is InChI=1S/C14H16N2O3/c1-10(6-7-15)16(2)14(17)11-4-3-5-12-13(11)19-9-8-18-12/h3-5,10H,6,8-9H2,1-2H3. The molecule has 1 heterocycles. The van der Waals surface area contributed by atoms with E-state index in [-0.39, 0.29) is 11.9 Å². The summed E-state index contributed by atoms with van der Waals surface area (Å²) in [5.41, 5.74) is 0.476. The number of para-hydroxylation sites is 1. The van der Waals surface area contributed by atoms with E-state index in [0.717, 1.165) is 0 Å². The average molecular weight is 260 g/mol. The first-order valence-electron chi connectivity index (χ1n) is 6.18. The highest BCUT2D eigenvalue weighted by Gasteiger charge is 2.24. The minimum atomic E-state index is -0.162. The third-order valence-corrected chi connectivity index (χ3v) is 3.16. The zero-order chi connectivity index (χ0) is 13.8. The molecule has 5 nitrogen and oxygen atoms in total. The molecular weight excluding hydrogens is 244 g/mol. The molecule has 0 bridgehead atoms. The molecule has 5 heteroatoms. The number of rotatable bonds is 3. The third kappa shape index (κ3) is 2.63. The molecular formula is C14H16N2O3. The molecule has 1 amide bonds. The maximum absolute atomic E-state index is 12.4. The van der Waals surface area contributed by atoms with E-state index in [1.54, 1.807) is 30.1 Å². The van der Waals surface area contributed by atoms with Crippen LogP contribution in [0.1, 0.15) is 23.7 Å². The van der Waals surface area contributed by atoms with Gasteiger partial charge in [-0.15, -0.1) is 0 Å². The summed E-state index contributed by atoms with van der Waals surface area (Å²) in [7, 11) is 1.69. The third-order valence-electron chi connectivity index (χ3n) is 3.16. The van der Waals surface area contributed by atoms with Gasteiger partial charge in [0.05, 0.1) is 18.1 Å². The summed E-state index contributed by atoms with van der Waals surface area (Å²) >= 11 is 0. The smallest absolute Gasteiger partial charge is 0.257 e. The molecule has 1 aromatic carbocycles. The zero-order valence-corrected chi connectivity index (χ0v) is 11.0. The molecule has 0 spiro atoms. The fourth-order valence-electron chi connectivity index (χ4n) is 1.90. The van der Waals surface area contributed by atoms with Gasteiger partial charge >= 0.3 is 0 Å². The van der Waals surface area contributed by atoms with Gasteiger partial charge < -0.3 is 14.4 Å². The van der Waals surface area contributed by atoms with Gasteiger partial charge in [-0.2, -0.15) is 5.26 Å². The predicted molar refractivity (Wildman–Crippen MR) is 69.2 cm³/mol. The largest absolute Gasteiger partial charge is 0.486 e. The molecule has 100 valence electrons. The van der Waals surface area contributed by atoms with Crippen LogP contribution in [0.15, 0.2) is 18.2 Å². The van der Waals surface area contributed by atoms with Gasteiger partial charge in [0.15, 0.2) is 11.5 Å². The highest BCUT2D eigenvalue weighted by molar-refractivity contribution is 5.97. The first-order chi connectivity index (χ1) is 9.15. The Kier molecular flexibility index (Phi) is 3.91. The van der Waals surface area contributed by atoms with Crippen LogP contribution in [-0.4, -0.2) is 37.1 Å². The van der Waals surface area contributed by atoms with E-state index in [1.807, 2.05) is 6.92 Å². The Morgan fingerprint density at radius 3 is 2.95 bits per heavy atom. The lowest BCUT2D eigenvalue weighted by Crippen LogP contribution is -2.35. The van der Waals surface area contributed by atoms with Crippen molar-refractivity contribution in [3.05, 3.63) is 23.8 Å². The van der Waals surface area contributed by atoms with E-state index in [4.69, 9.17) is 14.7 Å². The molecule has 19 heavy (non-hydrogen) atoms. The van der Waals surface area contributed by atoms with E-state index < -0.39 is 0 Å². The Morgan fingerprint density at radius 1 is 1.47 bits per heavy atom. The van der Waals surface area contributed by atoms with Gasteiger partial charge in [0.25, 0.3) is 5.91 Å². The van der Waals surface area contributed by atoms with Crippen molar-refractivity contribution in [3.63, 3.8) is 0 Å². The van der Waals surface area contributed by atoms with Gasteiger partial charge in [0, 0.05) is 13.1 Å². The van der Waals surface area contributed by atoms with Crippen molar-refractivity contribution in [2.45, 2.75) is 19.4 Å². The average Bonchev–Trinajstić information content (AvgIpc) is 2.45. The fraction of sp³-hybridized carbons (Fsp3) is 0.429. The van der Waals surface area contributed by atoms with Gasteiger partial charge in [-0.3, -0.25) is 4.79 Å². The Hall–Kier alpha value is -2.22. The predicted octanol–water partition coefficient (Wildman–Crippen LogP) is 1.83. The lowest BCUT2D eigenvalue weighted by molar-refractivity contribution is 0.0736. The van der Waals surface area contributed by atoms with Crippen molar-refractivity contribution in [3.8, 4) is 17.6 Å². The molecule has 1 aromatic rings. The second-order valence-corrected chi connectivity index (χ2v) is 4.46. The van der Waals surface area contributed by atoms with E-state index in [0.29, 0.717) is 36.7 Å². The number of ether oxygens (including phenoxy) is 2. The molecule has 0 fully saturated rings. The number of carbonyl (C=O) groups excluding carboxylic acids is 1. The first-order valence-corrected chi connectivity index (χ1v) is 6.18. The Labute approximate surface area is 112 Å². The molecule has 2 rings (SSSR count). The summed E-state index contributed by atoms with van der Waals surface area (Å²) in [4.78, 5) is 14.0. The molecule has 0 radical (unpaired) electrons. The molecule has 1 aliphatic heterocycles. The van der Waals surface area contributed by atoms with Crippen LogP contribution in [0.4, 0.5) is 0 Å². The first kappa shape index (κ1) is 13.2. The summed E-state index contributed by atoms with van der Waals surface area (Å²) in [6, 6.07) is 7.19. The number of fused-ring (bicyclic) bond motifs is 1. The Balaban J connectivity index is 2.27. The van der Waals surface area contributed by atoms with Crippen molar-refractivity contribution in [2.24, 2.45) is 0 Å². The minimum Gasteiger partial charge on any atom is -0.486 e. The van der Waals surface area contributed by atoms with Crippen molar-refractivity contribution in [2.75, 3.05) is 20.3 Å². The number of nitrogens with zero attached hydrogens (tertiary/aromatic N) is 2. The van der Waals surface area contributed by atoms with E-state index >= 15 is 0 Å². The quantitative estimate of drug-likeness (QED) is 0.831. The van der Waals surface area contributed by atoms with Gasteiger partial charge in [-0.1, -0.05) is 6.07 Å². The van der Waals surface area contributed by atoms with Crippen molar-refractivity contribution < 1.29 is 14.3 Å².